The predicted molar refractivity (Wildman–Crippen MR) is 83.5 cm³/mol. The number of nitrogens with one attached hydrogen (secondary N) is 1. The van der Waals surface area contributed by atoms with Crippen LogP contribution >= 0.6 is 11.6 Å². The van der Waals surface area contributed by atoms with Crippen molar-refractivity contribution in [1.29, 1.82) is 0 Å². The van der Waals surface area contributed by atoms with Crippen LogP contribution in [0.4, 0.5) is 0 Å². The summed E-state index contributed by atoms with van der Waals surface area (Å²) in [5.41, 5.74) is 0.793. The lowest BCUT2D eigenvalue weighted by Gasteiger charge is -2.13. The number of benzene rings is 1. The lowest BCUT2D eigenvalue weighted by molar-refractivity contribution is -0.122. The summed E-state index contributed by atoms with van der Waals surface area (Å²) in [6.45, 7) is -0.153. The highest BCUT2D eigenvalue weighted by Gasteiger charge is 2.37. The normalized spacial score (nSPS) is 22.8. The quantitative estimate of drug-likeness (QED) is 0.765. The minimum atomic E-state index is -3.19. The minimum absolute atomic E-state index is 0.126. The van der Waals surface area contributed by atoms with E-state index in [1.807, 2.05) is 30.3 Å². The van der Waals surface area contributed by atoms with Crippen molar-refractivity contribution in [2.45, 2.75) is 18.0 Å². The largest absolute Gasteiger partial charge is 0.349 e. The topological polar surface area (TPSA) is 107 Å². The number of sulfone groups is 1. The third-order valence-corrected chi connectivity index (χ3v) is 5.77. The number of carbonyl (C=O) groups is 1. The van der Waals surface area contributed by atoms with Crippen LogP contribution in [0, 0.1) is 0 Å². The average molecular weight is 356 g/mol. The van der Waals surface area contributed by atoms with Crippen molar-refractivity contribution < 1.29 is 13.2 Å². The van der Waals surface area contributed by atoms with Gasteiger partial charge in [-0.15, -0.1) is 21.8 Å². The number of tetrazole rings is 1. The molecule has 0 unspecified atom stereocenters. The lowest BCUT2D eigenvalue weighted by atomic mass is 10.2. The van der Waals surface area contributed by atoms with E-state index in [1.54, 1.807) is 0 Å². The molecular formula is C13H14ClN5O3S. The number of amides is 1. The Morgan fingerprint density at radius 2 is 2.04 bits per heavy atom. The Hall–Kier alpha value is -2.00. The average Bonchev–Trinajstić information content (AvgIpc) is 3.04. The first-order valence-electron chi connectivity index (χ1n) is 6.90. The molecule has 2 atom stereocenters. The zero-order chi connectivity index (χ0) is 16.4. The second kappa shape index (κ2) is 6.25. The standard InChI is InChI=1S/C13H14ClN5O3S/c14-10-7-23(21,22)8-11(10)15-12(20)6-19-17-13(16-18-19)9-4-2-1-3-5-9/h1-5,10-11H,6-8H2,(H,15,20)/t10-,11+/m0/s1. The summed E-state index contributed by atoms with van der Waals surface area (Å²) in [7, 11) is -3.19. The van der Waals surface area contributed by atoms with E-state index in [0.29, 0.717) is 5.82 Å². The highest BCUT2D eigenvalue weighted by molar-refractivity contribution is 7.91. The molecule has 122 valence electrons. The molecule has 1 N–H and O–H groups in total. The smallest absolute Gasteiger partial charge is 0.243 e. The van der Waals surface area contributed by atoms with Crippen LogP contribution < -0.4 is 5.32 Å². The van der Waals surface area contributed by atoms with E-state index >= 15 is 0 Å². The van der Waals surface area contributed by atoms with Crippen LogP contribution in [0.15, 0.2) is 30.3 Å². The first-order chi connectivity index (χ1) is 10.9. The zero-order valence-corrected chi connectivity index (χ0v) is 13.5. The van der Waals surface area contributed by atoms with Crippen LogP contribution in [-0.4, -0.2) is 57.5 Å². The van der Waals surface area contributed by atoms with Gasteiger partial charge in [0.05, 0.1) is 22.9 Å². The summed E-state index contributed by atoms with van der Waals surface area (Å²) in [6, 6.07) is 8.66. The van der Waals surface area contributed by atoms with Crippen molar-refractivity contribution >= 4 is 27.3 Å². The molecule has 2 heterocycles. The van der Waals surface area contributed by atoms with Crippen molar-refractivity contribution in [1.82, 2.24) is 25.5 Å². The van der Waals surface area contributed by atoms with E-state index in [9.17, 15) is 13.2 Å². The molecule has 1 aliphatic rings. The van der Waals surface area contributed by atoms with Crippen LogP contribution in [0.3, 0.4) is 0 Å². The van der Waals surface area contributed by atoms with E-state index in [0.717, 1.165) is 10.4 Å². The summed E-state index contributed by atoms with van der Waals surface area (Å²) in [5.74, 6) is -0.265. The molecule has 1 aromatic heterocycles. The van der Waals surface area contributed by atoms with Crippen LogP contribution in [0.1, 0.15) is 0 Å². The van der Waals surface area contributed by atoms with E-state index in [4.69, 9.17) is 11.6 Å². The summed E-state index contributed by atoms with van der Waals surface area (Å²) in [6.07, 6.45) is 0. The number of alkyl halides is 1. The molecule has 1 fully saturated rings. The fraction of sp³-hybridized carbons (Fsp3) is 0.385. The Morgan fingerprint density at radius 3 is 2.70 bits per heavy atom. The highest BCUT2D eigenvalue weighted by Crippen LogP contribution is 2.18. The molecule has 0 saturated carbocycles. The maximum Gasteiger partial charge on any atom is 0.243 e. The highest BCUT2D eigenvalue weighted by atomic mass is 35.5. The zero-order valence-electron chi connectivity index (χ0n) is 12.0. The number of halogens is 1. The van der Waals surface area contributed by atoms with E-state index in [1.165, 1.54) is 0 Å². The van der Waals surface area contributed by atoms with Gasteiger partial charge in [-0.25, -0.2) is 8.42 Å². The third-order valence-electron chi connectivity index (χ3n) is 3.40. The van der Waals surface area contributed by atoms with Gasteiger partial charge in [0.15, 0.2) is 9.84 Å². The SMILES string of the molecule is O=C(Cn1nnc(-c2ccccc2)n1)N[C@@H]1CS(=O)(=O)C[C@@H]1Cl. The molecule has 1 saturated heterocycles. The molecule has 1 amide bonds. The minimum Gasteiger partial charge on any atom is -0.349 e. The van der Waals surface area contributed by atoms with Crippen molar-refractivity contribution in [2.24, 2.45) is 0 Å². The van der Waals surface area contributed by atoms with Crippen LogP contribution in [0.5, 0.6) is 0 Å². The molecule has 1 aliphatic heterocycles. The molecule has 0 radical (unpaired) electrons. The lowest BCUT2D eigenvalue weighted by Crippen LogP contribution is -2.42. The van der Waals surface area contributed by atoms with Crippen molar-refractivity contribution in [3.8, 4) is 11.4 Å². The number of hydrogen-bond acceptors (Lipinski definition) is 6. The van der Waals surface area contributed by atoms with Gasteiger partial charge < -0.3 is 5.32 Å². The number of carbonyl (C=O) groups excluding carboxylic acids is 1. The number of hydrogen-bond donors (Lipinski definition) is 1. The van der Waals surface area contributed by atoms with Crippen LogP contribution in [0.25, 0.3) is 11.4 Å². The fourth-order valence-corrected chi connectivity index (χ4v) is 4.88. The molecule has 8 nitrogen and oxygen atoms in total. The van der Waals surface area contributed by atoms with Gasteiger partial charge in [0.1, 0.15) is 6.54 Å². The third kappa shape index (κ3) is 3.85. The summed E-state index contributed by atoms with van der Waals surface area (Å²) >= 11 is 5.95. The van der Waals surface area contributed by atoms with Gasteiger partial charge in [-0.2, -0.15) is 4.80 Å². The molecule has 10 heteroatoms. The van der Waals surface area contributed by atoms with Crippen LogP contribution in [0.2, 0.25) is 0 Å². The molecule has 0 spiro atoms. The maximum absolute atomic E-state index is 12.0. The Kier molecular flexibility index (Phi) is 4.31. The van der Waals surface area contributed by atoms with Gasteiger partial charge in [-0.3, -0.25) is 4.79 Å². The molecule has 3 rings (SSSR count). The predicted octanol–water partition coefficient (Wildman–Crippen LogP) is -0.139. The van der Waals surface area contributed by atoms with E-state index in [2.05, 4.69) is 20.7 Å². The van der Waals surface area contributed by atoms with E-state index in [-0.39, 0.29) is 18.1 Å². The maximum atomic E-state index is 12.0. The van der Waals surface area contributed by atoms with E-state index < -0.39 is 27.2 Å². The Balaban J connectivity index is 1.62. The molecule has 1 aromatic carbocycles. The van der Waals surface area contributed by atoms with Gasteiger partial charge in [-0.05, 0) is 5.21 Å². The first-order valence-corrected chi connectivity index (χ1v) is 9.16. The van der Waals surface area contributed by atoms with Gasteiger partial charge in [0.25, 0.3) is 0 Å². The monoisotopic (exact) mass is 355 g/mol. The summed E-state index contributed by atoms with van der Waals surface area (Å²) < 4.78 is 23.0. The van der Waals surface area contributed by atoms with Gasteiger partial charge in [-0.1, -0.05) is 30.3 Å². The Labute approximate surface area is 137 Å². The second-order valence-electron chi connectivity index (χ2n) is 5.28. The van der Waals surface area contributed by atoms with Gasteiger partial charge in [0, 0.05) is 5.56 Å². The van der Waals surface area contributed by atoms with Crippen molar-refractivity contribution in [3.05, 3.63) is 30.3 Å². The first kappa shape index (κ1) is 15.9. The fourth-order valence-electron chi connectivity index (χ4n) is 2.33. The molecule has 23 heavy (non-hydrogen) atoms. The summed E-state index contributed by atoms with van der Waals surface area (Å²) in [5, 5.41) is 13.8. The Morgan fingerprint density at radius 1 is 1.30 bits per heavy atom. The molecule has 0 aliphatic carbocycles. The number of aromatic nitrogens is 4. The van der Waals surface area contributed by atoms with Crippen molar-refractivity contribution in [2.75, 3.05) is 11.5 Å². The van der Waals surface area contributed by atoms with Gasteiger partial charge >= 0.3 is 0 Å². The van der Waals surface area contributed by atoms with Gasteiger partial charge in [0.2, 0.25) is 11.7 Å². The van der Waals surface area contributed by atoms with Crippen molar-refractivity contribution in [3.63, 3.8) is 0 Å². The van der Waals surface area contributed by atoms with Crippen LogP contribution in [-0.2, 0) is 21.2 Å². The Bertz CT molecular complexity index is 808. The molecule has 2 aromatic rings. The molecular weight excluding hydrogens is 342 g/mol. The number of rotatable bonds is 4. The summed E-state index contributed by atoms with van der Waals surface area (Å²) in [4.78, 5) is 13.1. The number of nitrogens with zero attached hydrogens (tertiary/aromatic N) is 4. The second-order valence-corrected chi connectivity index (χ2v) is 7.99. The molecule has 0 bridgehead atoms.